The summed E-state index contributed by atoms with van der Waals surface area (Å²) in [4.78, 5) is 11.7. The van der Waals surface area contributed by atoms with E-state index in [2.05, 4.69) is 6.58 Å². The Hall–Kier alpha value is -0.680. The first-order chi connectivity index (χ1) is 6.90. The molecule has 4 nitrogen and oxygen atoms in total. The van der Waals surface area contributed by atoms with Gasteiger partial charge in [-0.25, -0.2) is 8.42 Å². The van der Waals surface area contributed by atoms with Crippen molar-refractivity contribution in [3.8, 4) is 0 Å². The van der Waals surface area contributed by atoms with E-state index < -0.39 is 21.1 Å². The lowest BCUT2D eigenvalue weighted by molar-refractivity contribution is -0.118. The van der Waals surface area contributed by atoms with Crippen LogP contribution in [0.3, 0.4) is 0 Å². The first-order valence-corrected chi connectivity index (χ1v) is 6.78. The van der Waals surface area contributed by atoms with Gasteiger partial charge in [0, 0.05) is 5.92 Å². The maximum atomic E-state index is 11.7. The molecule has 0 bridgehead atoms. The summed E-state index contributed by atoms with van der Waals surface area (Å²) in [6.45, 7) is 3.56. The van der Waals surface area contributed by atoms with Crippen molar-refractivity contribution < 1.29 is 13.2 Å². The van der Waals surface area contributed by atoms with Crippen LogP contribution in [0.5, 0.6) is 0 Å². The minimum absolute atomic E-state index is 0.0422. The van der Waals surface area contributed by atoms with E-state index in [-0.39, 0.29) is 17.0 Å². The van der Waals surface area contributed by atoms with Gasteiger partial charge in [-0.15, -0.1) is 6.58 Å². The van der Waals surface area contributed by atoms with Crippen molar-refractivity contribution in [1.82, 2.24) is 0 Å². The molecule has 2 aliphatic carbocycles. The Morgan fingerprint density at radius 1 is 1.53 bits per heavy atom. The van der Waals surface area contributed by atoms with Gasteiger partial charge < -0.3 is 5.73 Å². The Bertz CT molecular complexity index is 410. The molecule has 2 N–H and O–H groups in total. The highest BCUT2D eigenvalue weighted by atomic mass is 32.2. The Labute approximate surface area is 89.4 Å². The molecule has 2 saturated carbocycles. The number of carbonyl (C=O) groups is 1. The maximum absolute atomic E-state index is 11.7. The third-order valence-corrected chi connectivity index (χ3v) is 5.38. The summed E-state index contributed by atoms with van der Waals surface area (Å²) in [5, 5.41) is -0.286. The summed E-state index contributed by atoms with van der Waals surface area (Å²) < 4.78 is 23.1. The Morgan fingerprint density at radius 3 is 2.53 bits per heavy atom. The molecule has 0 spiro atoms. The van der Waals surface area contributed by atoms with E-state index in [1.165, 1.54) is 0 Å². The molecule has 0 aromatic carbocycles. The van der Waals surface area contributed by atoms with E-state index in [4.69, 9.17) is 5.73 Å². The molecule has 2 atom stereocenters. The first-order valence-electron chi connectivity index (χ1n) is 5.06. The molecule has 84 valence electrons. The number of sulfone groups is 1. The van der Waals surface area contributed by atoms with Crippen LogP contribution in [0, 0.1) is 5.92 Å². The summed E-state index contributed by atoms with van der Waals surface area (Å²) in [5.74, 6) is -0.780. The molecule has 2 aliphatic rings. The highest BCUT2D eigenvalue weighted by molar-refractivity contribution is 7.93. The monoisotopic (exact) mass is 229 g/mol. The minimum atomic E-state index is -3.22. The number of carbonyl (C=O) groups excluding carboxylic acids is 1. The highest BCUT2D eigenvalue weighted by Gasteiger charge is 2.56. The van der Waals surface area contributed by atoms with Crippen LogP contribution in [0.2, 0.25) is 0 Å². The fraction of sp³-hybridized carbons (Fsp3) is 0.700. The van der Waals surface area contributed by atoms with Gasteiger partial charge in [-0.2, -0.15) is 0 Å². The highest BCUT2D eigenvalue weighted by Crippen LogP contribution is 2.43. The number of ketones is 1. The standard InChI is InChI=1S/C10H15NO3S/c1-2-7-5-10(7,11)9(12)6-15(13,14)8-3-4-8/h2,7-8H,1,3-6,11H2/t7?,10-/m1/s1. The average Bonchev–Trinajstić information content (AvgIpc) is 2.97. The minimum Gasteiger partial charge on any atom is -0.318 e. The second kappa shape index (κ2) is 3.15. The van der Waals surface area contributed by atoms with Crippen LogP contribution < -0.4 is 5.73 Å². The van der Waals surface area contributed by atoms with Crippen LogP contribution in [0.1, 0.15) is 19.3 Å². The molecular formula is C10H15NO3S. The largest absolute Gasteiger partial charge is 0.318 e. The van der Waals surface area contributed by atoms with E-state index in [1.807, 2.05) is 0 Å². The van der Waals surface area contributed by atoms with E-state index in [0.717, 1.165) is 0 Å². The van der Waals surface area contributed by atoms with E-state index in [1.54, 1.807) is 6.08 Å². The Morgan fingerprint density at radius 2 is 2.13 bits per heavy atom. The van der Waals surface area contributed by atoms with Gasteiger partial charge in [-0.3, -0.25) is 4.79 Å². The molecule has 5 heteroatoms. The number of nitrogens with two attached hydrogens (primary N) is 1. The van der Waals surface area contributed by atoms with Crippen LogP contribution in [-0.4, -0.2) is 30.7 Å². The topological polar surface area (TPSA) is 77.2 Å². The molecule has 0 aromatic heterocycles. The molecule has 0 saturated heterocycles. The normalized spacial score (nSPS) is 34.9. The predicted molar refractivity (Wildman–Crippen MR) is 57.0 cm³/mol. The number of hydrogen-bond donors (Lipinski definition) is 1. The summed E-state index contributed by atoms with van der Waals surface area (Å²) in [5.41, 5.74) is 4.85. The summed E-state index contributed by atoms with van der Waals surface area (Å²) in [7, 11) is -3.22. The van der Waals surface area contributed by atoms with Crippen molar-refractivity contribution in [3.63, 3.8) is 0 Å². The van der Waals surface area contributed by atoms with Crippen molar-refractivity contribution >= 4 is 15.6 Å². The van der Waals surface area contributed by atoms with E-state index in [0.29, 0.717) is 19.3 Å². The van der Waals surface area contributed by atoms with Gasteiger partial charge in [0.1, 0.15) is 5.75 Å². The molecule has 0 aliphatic heterocycles. The zero-order chi connectivity index (χ0) is 11.3. The zero-order valence-electron chi connectivity index (χ0n) is 8.48. The molecule has 2 rings (SSSR count). The molecular weight excluding hydrogens is 214 g/mol. The third kappa shape index (κ3) is 1.86. The molecule has 1 unspecified atom stereocenters. The molecule has 0 heterocycles. The van der Waals surface area contributed by atoms with Gasteiger partial charge >= 0.3 is 0 Å². The smallest absolute Gasteiger partial charge is 0.168 e. The van der Waals surface area contributed by atoms with Gasteiger partial charge in [-0.1, -0.05) is 6.08 Å². The molecule has 2 fully saturated rings. The molecule has 0 aromatic rings. The van der Waals surface area contributed by atoms with Gasteiger partial charge in [0.15, 0.2) is 15.6 Å². The second-order valence-corrected chi connectivity index (χ2v) is 6.80. The Balaban J connectivity index is 2.02. The molecule has 15 heavy (non-hydrogen) atoms. The van der Waals surface area contributed by atoms with Gasteiger partial charge in [-0.05, 0) is 19.3 Å². The quantitative estimate of drug-likeness (QED) is 0.675. The third-order valence-electron chi connectivity index (χ3n) is 3.23. The van der Waals surface area contributed by atoms with Gasteiger partial charge in [0.05, 0.1) is 10.8 Å². The summed E-state index contributed by atoms with van der Waals surface area (Å²) >= 11 is 0. The van der Waals surface area contributed by atoms with Gasteiger partial charge in [0.2, 0.25) is 0 Å². The fourth-order valence-corrected chi connectivity index (χ4v) is 3.51. The molecule has 0 radical (unpaired) electrons. The lowest BCUT2D eigenvalue weighted by Gasteiger charge is -2.08. The van der Waals surface area contributed by atoms with Crippen molar-refractivity contribution in [2.75, 3.05) is 5.75 Å². The van der Waals surface area contributed by atoms with Crippen LogP contribution in [0.4, 0.5) is 0 Å². The first kappa shape index (κ1) is 10.8. The lowest BCUT2D eigenvalue weighted by Crippen LogP contribution is -2.40. The zero-order valence-corrected chi connectivity index (χ0v) is 9.29. The SMILES string of the molecule is C=CC1C[C@]1(N)C(=O)CS(=O)(=O)C1CC1. The van der Waals surface area contributed by atoms with Crippen LogP contribution >= 0.6 is 0 Å². The van der Waals surface area contributed by atoms with Crippen LogP contribution in [0.25, 0.3) is 0 Å². The van der Waals surface area contributed by atoms with Crippen molar-refractivity contribution in [3.05, 3.63) is 12.7 Å². The molecule has 0 amide bonds. The Kier molecular flexibility index (Phi) is 2.28. The maximum Gasteiger partial charge on any atom is 0.168 e. The average molecular weight is 229 g/mol. The van der Waals surface area contributed by atoms with Crippen molar-refractivity contribution in [1.29, 1.82) is 0 Å². The van der Waals surface area contributed by atoms with Crippen molar-refractivity contribution in [2.45, 2.75) is 30.1 Å². The number of Topliss-reactive ketones (excluding diaryl/α,β-unsaturated/α-hetero) is 1. The summed E-state index contributed by atoms with van der Waals surface area (Å²) in [6, 6.07) is 0. The lowest BCUT2D eigenvalue weighted by atomic mass is 10.1. The predicted octanol–water partition coefficient (Wildman–Crippen LogP) is 0.0361. The fourth-order valence-electron chi connectivity index (χ4n) is 1.78. The second-order valence-electron chi connectivity index (χ2n) is 4.52. The van der Waals surface area contributed by atoms with E-state index in [9.17, 15) is 13.2 Å². The van der Waals surface area contributed by atoms with Crippen LogP contribution in [0.15, 0.2) is 12.7 Å². The number of rotatable bonds is 5. The van der Waals surface area contributed by atoms with Crippen molar-refractivity contribution in [2.24, 2.45) is 11.7 Å². The number of hydrogen-bond acceptors (Lipinski definition) is 4. The van der Waals surface area contributed by atoms with Crippen LogP contribution in [-0.2, 0) is 14.6 Å². The van der Waals surface area contributed by atoms with E-state index >= 15 is 0 Å². The van der Waals surface area contributed by atoms with Gasteiger partial charge in [0.25, 0.3) is 0 Å². The summed E-state index contributed by atoms with van der Waals surface area (Å²) in [6.07, 6.45) is 3.55.